The average molecular weight is 298 g/mol. The number of amides is 1. The maximum absolute atomic E-state index is 12.1. The van der Waals surface area contributed by atoms with Crippen LogP contribution in [0.2, 0.25) is 0 Å². The number of aromatic nitrogens is 1. The van der Waals surface area contributed by atoms with Crippen LogP contribution >= 0.6 is 11.3 Å². The fourth-order valence-corrected chi connectivity index (χ4v) is 3.27. The van der Waals surface area contributed by atoms with Crippen molar-refractivity contribution in [3.8, 4) is 0 Å². The number of rotatable bonds is 3. The summed E-state index contributed by atoms with van der Waals surface area (Å²) < 4.78 is 0. The second-order valence-corrected chi connectivity index (χ2v) is 6.33. The number of benzene rings is 1. The Morgan fingerprint density at radius 2 is 2.19 bits per heavy atom. The lowest BCUT2D eigenvalue weighted by Crippen LogP contribution is -2.13. The number of anilines is 1. The summed E-state index contributed by atoms with van der Waals surface area (Å²) in [6, 6.07) is 6.17. The maximum atomic E-state index is 12.1. The molecule has 2 aromatic rings. The summed E-state index contributed by atoms with van der Waals surface area (Å²) in [5.41, 5.74) is 4.47. The van der Waals surface area contributed by atoms with Gasteiger partial charge in [-0.05, 0) is 55.9 Å². The van der Waals surface area contributed by atoms with Crippen LogP contribution in [0.4, 0.5) is 5.69 Å². The Kier molecular flexibility index (Phi) is 4.15. The Hall–Kier alpha value is -1.94. The first-order valence-electron chi connectivity index (χ1n) is 7.24. The van der Waals surface area contributed by atoms with Gasteiger partial charge in [-0.25, -0.2) is 4.98 Å². The first-order chi connectivity index (χ1) is 10.2. The molecule has 0 aliphatic heterocycles. The normalized spacial score (nSPS) is 14.1. The van der Waals surface area contributed by atoms with Gasteiger partial charge in [0.2, 0.25) is 5.91 Å². The highest BCUT2D eigenvalue weighted by molar-refractivity contribution is 7.09. The molecule has 1 aliphatic carbocycles. The lowest BCUT2D eigenvalue weighted by molar-refractivity contribution is -0.111. The smallest absolute Gasteiger partial charge is 0.248 e. The van der Waals surface area contributed by atoms with Crippen molar-refractivity contribution in [2.75, 3.05) is 5.32 Å². The van der Waals surface area contributed by atoms with Crippen LogP contribution < -0.4 is 5.32 Å². The summed E-state index contributed by atoms with van der Waals surface area (Å²) in [7, 11) is 0. The standard InChI is InChI=1S/C17H18N2OS/c1-12-18-14(11-21-12)9-10-17(20)19-16-8-4-6-13-5-2-3-7-15(13)16/h4,6,8-11H,2-3,5,7H2,1H3,(H,19,20)/b10-9+. The summed E-state index contributed by atoms with van der Waals surface area (Å²) in [6.45, 7) is 1.96. The van der Waals surface area contributed by atoms with Crippen LogP contribution in [0, 0.1) is 6.92 Å². The topological polar surface area (TPSA) is 42.0 Å². The number of carbonyl (C=O) groups is 1. The Bertz CT molecular complexity index is 688. The van der Waals surface area contributed by atoms with E-state index in [4.69, 9.17) is 0 Å². The molecule has 1 aromatic heterocycles. The first-order valence-corrected chi connectivity index (χ1v) is 8.12. The van der Waals surface area contributed by atoms with Crippen LogP contribution in [0.25, 0.3) is 6.08 Å². The van der Waals surface area contributed by atoms with Gasteiger partial charge in [-0.1, -0.05) is 12.1 Å². The number of carbonyl (C=O) groups excluding carboxylic acids is 1. The van der Waals surface area contributed by atoms with Gasteiger partial charge in [-0.2, -0.15) is 0 Å². The Morgan fingerprint density at radius 3 is 3.00 bits per heavy atom. The van der Waals surface area contributed by atoms with Crippen LogP contribution in [0.1, 0.15) is 34.7 Å². The molecule has 1 N–H and O–H groups in total. The Morgan fingerprint density at radius 1 is 1.33 bits per heavy atom. The van der Waals surface area contributed by atoms with Crippen molar-refractivity contribution in [2.45, 2.75) is 32.6 Å². The molecule has 0 fully saturated rings. The SMILES string of the molecule is Cc1nc(/C=C/C(=O)Nc2cccc3c2CCCC3)cs1. The van der Waals surface area contributed by atoms with Crippen molar-refractivity contribution < 1.29 is 4.79 Å². The van der Waals surface area contributed by atoms with Crippen LogP contribution in [0.3, 0.4) is 0 Å². The Labute approximate surface area is 128 Å². The fourth-order valence-electron chi connectivity index (χ4n) is 2.69. The van der Waals surface area contributed by atoms with Gasteiger partial charge in [-0.15, -0.1) is 11.3 Å². The van der Waals surface area contributed by atoms with Crippen LogP contribution in [0.5, 0.6) is 0 Å². The van der Waals surface area contributed by atoms with Gasteiger partial charge in [0.1, 0.15) is 0 Å². The minimum absolute atomic E-state index is 0.0976. The predicted molar refractivity (Wildman–Crippen MR) is 87.6 cm³/mol. The van der Waals surface area contributed by atoms with Gasteiger partial charge in [-0.3, -0.25) is 4.79 Å². The summed E-state index contributed by atoms with van der Waals surface area (Å²) in [5.74, 6) is -0.0976. The van der Waals surface area contributed by atoms with E-state index in [-0.39, 0.29) is 5.91 Å². The molecule has 0 radical (unpaired) electrons. The number of fused-ring (bicyclic) bond motifs is 1. The summed E-state index contributed by atoms with van der Waals surface area (Å²) >= 11 is 1.58. The highest BCUT2D eigenvalue weighted by atomic mass is 32.1. The number of nitrogens with zero attached hydrogens (tertiary/aromatic N) is 1. The van der Waals surface area contributed by atoms with Crippen LogP contribution in [0.15, 0.2) is 29.7 Å². The van der Waals surface area contributed by atoms with Gasteiger partial charge >= 0.3 is 0 Å². The van der Waals surface area contributed by atoms with E-state index in [1.54, 1.807) is 23.5 Å². The molecule has 3 rings (SSSR count). The average Bonchev–Trinajstić information content (AvgIpc) is 2.91. The molecule has 0 atom stereocenters. The van der Waals surface area contributed by atoms with E-state index in [9.17, 15) is 4.79 Å². The second kappa shape index (κ2) is 6.22. The summed E-state index contributed by atoms with van der Waals surface area (Å²) in [4.78, 5) is 16.4. The van der Waals surface area contributed by atoms with Crippen molar-refractivity contribution in [1.29, 1.82) is 0 Å². The highest BCUT2D eigenvalue weighted by Gasteiger charge is 2.13. The number of nitrogens with one attached hydrogen (secondary N) is 1. The van der Waals surface area contributed by atoms with E-state index in [0.717, 1.165) is 29.2 Å². The van der Waals surface area contributed by atoms with Crippen molar-refractivity contribution in [2.24, 2.45) is 0 Å². The zero-order valence-electron chi connectivity index (χ0n) is 12.1. The molecule has 1 aromatic carbocycles. The molecule has 0 bridgehead atoms. The molecule has 0 saturated heterocycles. The zero-order chi connectivity index (χ0) is 14.7. The number of aryl methyl sites for hydroxylation is 2. The molecule has 0 spiro atoms. The molecule has 1 amide bonds. The van der Waals surface area contributed by atoms with Gasteiger partial charge in [0.05, 0.1) is 10.7 Å². The third-order valence-electron chi connectivity index (χ3n) is 3.70. The molecule has 0 saturated carbocycles. The molecule has 21 heavy (non-hydrogen) atoms. The first kappa shape index (κ1) is 14.0. The van der Waals surface area contributed by atoms with Gasteiger partial charge < -0.3 is 5.32 Å². The lowest BCUT2D eigenvalue weighted by Gasteiger charge is -2.19. The predicted octanol–water partition coefficient (Wildman–Crippen LogP) is 3.98. The van der Waals surface area contributed by atoms with E-state index in [1.165, 1.54) is 24.0 Å². The van der Waals surface area contributed by atoms with E-state index >= 15 is 0 Å². The quantitative estimate of drug-likeness (QED) is 0.871. The second-order valence-electron chi connectivity index (χ2n) is 5.26. The third kappa shape index (κ3) is 3.39. The zero-order valence-corrected chi connectivity index (χ0v) is 12.9. The summed E-state index contributed by atoms with van der Waals surface area (Å²) in [6.07, 6.45) is 7.93. The van der Waals surface area contributed by atoms with Crippen LogP contribution in [-0.2, 0) is 17.6 Å². The third-order valence-corrected chi connectivity index (χ3v) is 4.49. The van der Waals surface area contributed by atoms with E-state index in [2.05, 4.69) is 16.4 Å². The van der Waals surface area contributed by atoms with Crippen molar-refractivity contribution in [1.82, 2.24) is 4.98 Å². The van der Waals surface area contributed by atoms with Crippen LogP contribution in [-0.4, -0.2) is 10.9 Å². The minimum atomic E-state index is -0.0976. The highest BCUT2D eigenvalue weighted by Crippen LogP contribution is 2.27. The van der Waals surface area contributed by atoms with E-state index < -0.39 is 0 Å². The molecule has 108 valence electrons. The number of thiazole rings is 1. The molecule has 3 nitrogen and oxygen atoms in total. The Balaban J connectivity index is 1.72. The molecule has 0 unspecified atom stereocenters. The maximum Gasteiger partial charge on any atom is 0.248 e. The summed E-state index contributed by atoms with van der Waals surface area (Å²) in [5, 5.41) is 5.95. The molecule has 1 heterocycles. The molecular weight excluding hydrogens is 280 g/mol. The van der Waals surface area contributed by atoms with Gasteiger partial charge in [0.15, 0.2) is 0 Å². The minimum Gasteiger partial charge on any atom is -0.322 e. The van der Waals surface area contributed by atoms with Crippen molar-refractivity contribution >= 4 is 29.0 Å². The van der Waals surface area contributed by atoms with Crippen molar-refractivity contribution in [3.05, 3.63) is 51.5 Å². The largest absolute Gasteiger partial charge is 0.322 e. The van der Waals surface area contributed by atoms with E-state index in [0.29, 0.717) is 0 Å². The molecule has 4 heteroatoms. The van der Waals surface area contributed by atoms with E-state index in [1.807, 2.05) is 24.4 Å². The number of hydrogen-bond donors (Lipinski definition) is 1. The molecule has 1 aliphatic rings. The molecular formula is C17H18N2OS. The fraction of sp³-hybridized carbons (Fsp3) is 0.294. The number of hydrogen-bond acceptors (Lipinski definition) is 3. The van der Waals surface area contributed by atoms with Crippen molar-refractivity contribution in [3.63, 3.8) is 0 Å². The van der Waals surface area contributed by atoms with Gasteiger partial charge in [0, 0.05) is 17.1 Å². The lowest BCUT2D eigenvalue weighted by atomic mass is 9.90. The monoisotopic (exact) mass is 298 g/mol. The van der Waals surface area contributed by atoms with Gasteiger partial charge in [0.25, 0.3) is 0 Å².